The topological polar surface area (TPSA) is 87.7 Å². The molecule has 2 N–H and O–H groups in total. The SMILES string of the molecule is COc1ccc(Cl)cc1N1C(=O)C(Cl)=C(Nc2cccc(C(=O)Nc3ccc(C)c(Cl)c3)c2)C1=O. The van der Waals surface area contributed by atoms with E-state index in [-0.39, 0.29) is 28.1 Å². The number of nitrogens with zero attached hydrogens (tertiary/aromatic N) is 1. The predicted molar refractivity (Wildman–Crippen MR) is 138 cm³/mol. The van der Waals surface area contributed by atoms with Gasteiger partial charge < -0.3 is 15.4 Å². The predicted octanol–water partition coefficient (Wildman–Crippen LogP) is 6.00. The third kappa shape index (κ3) is 4.98. The number of anilines is 3. The summed E-state index contributed by atoms with van der Waals surface area (Å²) in [5, 5.41) is 6.17. The number of halogens is 3. The number of hydrogen-bond acceptors (Lipinski definition) is 5. The minimum absolute atomic E-state index is 0.137. The van der Waals surface area contributed by atoms with Gasteiger partial charge in [-0.3, -0.25) is 14.4 Å². The number of hydrogen-bond donors (Lipinski definition) is 2. The molecule has 0 bridgehead atoms. The van der Waals surface area contributed by atoms with E-state index in [0.717, 1.165) is 10.5 Å². The fourth-order valence-corrected chi connectivity index (χ4v) is 3.98. The molecule has 3 amide bonds. The van der Waals surface area contributed by atoms with Gasteiger partial charge in [-0.15, -0.1) is 0 Å². The van der Waals surface area contributed by atoms with E-state index in [1.165, 1.54) is 19.2 Å². The molecule has 0 aliphatic carbocycles. The number of carbonyl (C=O) groups is 3. The van der Waals surface area contributed by atoms with Crippen LogP contribution in [0.25, 0.3) is 0 Å². The lowest BCUT2D eigenvalue weighted by Crippen LogP contribution is -2.32. The normalized spacial score (nSPS) is 13.3. The van der Waals surface area contributed by atoms with Gasteiger partial charge in [0.1, 0.15) is 16.5 Å². The van der Waals surface area contributed by atoms with E-state index < -0.39 is 11.8 Å². The van der Waals surface area contributed by atoms with Crippen LogP contribution in [0.5, 0.6) is 5.75 Å². The van der Waals surface area contributed by atoms with Gasteiger partial charge in [0.15, 0.2) is 0 Å². The third-order valence-corrected chi connectivity index (χ3v) is 6.23. The Morgan fingerprint density at radius 3 is 2.40 bits per heavy atom. The quantitative estimate of drug-likeness (QED) is 0.382. The highest BCUT2D eigenvalue weighted by Crippen LogP contribution is 2.37. The van der Waals surface area contributed by atoms with Gasteiger partial charge in [-0.1, -0.05) is 46.9 Å². The zero-order valence-corrected chi connectivity index (χ0v) is 20.8. The number of aryl methyl sites for hydroxylation is 1. The lowest BCUT2D eigenvalue weighted by Gasteiger charge is -2.18. The number of methoxy groups -OCH3 is 1. The number of amides is 3. The highest BCUT2D eigenvalue weighted by molar-refractivity contribution is 6.53. The molecule has 0 saturated carbocycles. The van der Waals surface area contributed by atoms with Crippen molar-refractivity contribution in [2.45, 2.75) is 6.92 Å². The zero-order chi connectivity index (χ0) is 25.3. The number of rotatable bonds is 6. The molecular weight excluding hydrogens is 513 g/mol. The van der Waals surface area contributed by atoms with Crippen LogP contribution >= 0.6 is 34.8 Å². The molecule has 0 saturated heterocycles. The van der Waals surface area contributed by atoms with Crippen molar-refractivity contribution >= 4 is 69.6 Å². The fourth-order valence-electron chi connectivity index (χ4n) is 3.42. The van der Waals surface area contributed by atoms with Gasteiger partial charge in [0, 0.05) is 27.0 Å². The van der Waals surface area contributed by atoms with Crippen molar-refractivity contribution < 1.29 is 19.1 Å². The Bertz CT molecular complexity index is 1400. The Kier molecular flexibility index (Phi) is 7.03. The molecule has 35 heavy (non-hydrogen) atoms. The average molecular weight is 531 g/mol. The summed E-state index contributed by atoms with van der Waals surface area (Å²) in [6, 6.07) is 16.2. The molecule has 0 fully saturated rings. The third-order valence-electron chi connectivity index (χ3n) is 5.23. The molecular formula is C25H18Cl3N3O4. The Labute approximate surface area is 216 Å². The standard InChI is InChI=1S/C25H18Cl3N3O4/c1-13-6-8-17(12-18(13)27)30-23(32)14-4-3-5-16(10-14)29-22-21(28)24(33)31(25(22)34)19-11-15(26)7-9-20(19)35-2/h3-12,29H,1-2H3,(H,30,32). The maximum atomic E-state index is 13.1. The van der Waals surface area contributed by atoms with Crippen LogP contribution in [0, 0.1) is 6.92 Å². The summed E-state index contributed by atoms with van der Waals surface area (Å²) in [4.78, 5) is 39.6. The average Bonchev–Trinajstić information content (AvgIpc) is 3.04. The summed E-state index contributed by atoms with van der Waals surface area (Å²) in [5.74, 6) is -1.53. The molecule has 1 heterocycles. The maximum Gasteiger partial charge on any atom is 0.283 e. The van der Waals surface area contributed by atoms with Crippen LogP contribution in [-0.4, -0.2) is 24.8 Å². The maximum absolute atomic E-state index is 13.1. The van der Waals surface area contributed by atoms with Crippen molar-refractivity contribution in [3.63, 3.8) is 0 Å². The summed E-state index contributed by atoms with van der Waals surface area (Å²) in [5.41, 5.74) is 2.15. The summed E-state index contributed by atoms with van der Waals surface area (Å²) >= 11 is 18.4. The molecule has 1 aliphatic rings. The molecule has 3 aromatic carbocycles. The molecule has 3 aromatic rings. The van der Waals surface area contributed by atoms with Gasteiger partial charge in [0.2, 0.25) is 0 Å². The van der Waals surface area contributed by atoms with Gasteiger partial charge in [-0.2, -0.15) is 0 Å². The van der Waals surface area contributed by atoms with Gasteiger partial charge in [0.05, 0.1) is 12.8 Å². The lowest BCUT2D eigenvalue weighted by molar-refractivity contribution is -0.120. The molecule has 0 spiro atoms. The zero-order valence-electron chi connectivity index (χ0n) is 18.5. The molecule has 10 heteroatoms. The summed E-state index contributed by atoms with van der Waals surface area (Å²) < 4.78 is 5.26. The molecule has 0 radical (unpaired) electrons. The van der Waals surface area contributed by atoms with Crippen LogP contribution < -0.4 is 20.3 Å². The first-order valence-corrected chi connectivity index (χ1v) is 11.4. The van der Waals surface area contributed by atoms with Crippen LogP contribution in [0.2, 0.25) is 10.0 Å². The second kappa shape index (κ2) is 10.00. The molecule has 1 aliphatic heterocycles. The Hall–Kier alpha value is -3.52. The number of ether oxygens (including phenoxy) is 1. The molecule has 7 nitrogen and oxygen atoms in total. The van der Waals surface area contributed by atoms with Gasteiger partial charge in [0.25, 0.3) is 17.7 Å². The fraction of sp³-hybridized carbons (Fsp3) is 0.0800. The number of nitrogens with one attached hydrogen (secondary N) is 2. The second-order valence-electron chi connectivity index (χ2n) is 7.57. The molecule has 4 rings (SSSR count). The first-order chi connectivity index (χ1) is 16.7. The Balaban J connectivity index is 1.56. The smallest absolute Gasteiger partial charge is 0.283 e. The van der Waals surface area contributed by atoms with E-state index in [4.69, 9.17) is 39.5 Å². The summed E-state index contributed by atoms with van der Waals surface area (Å²) in [7, 11) is 1.41. The van der Waals surface area contributed by atoms with E-state index in [0.29, 0.717) is 27.0 Å². The van der Waals surface area contributed by atoms with Crippen LogP contribution in [0.3, 0.4) is 0 Å². The van der Waals surface area contributed by atoms with Gasteiger partial charge in [-0.25, -0.2) is 4.90 Å². The molecule has 0 unspecified atom stereocenters. The Morgan fingerprint density at radius 1 is 0.914 bits per heavy atom. The van der Waals surface area contributed by atoms with E-state index >= 15 is 0 Å². The largest absolute Gasteiger partial charge is 0.495 e. The van der Waals surface area contributed by atoms with Gasteiger partial charge >= 0.3 is 0 Å². The molecule has 0 atom stereocenters. The van der Waals surface area contributed by atoms with Crippen molar-refractivity contribution in [3.8, 4) is 5.75 Å². The van der Waals surface area contributed by atoms with E-state index in [2.05, 4.69) is 10.6 Å². The van der Waals surface area contributed by atoms with E-state index in [9.17, 15) is 14.4 Å². The highest BCUT2D eigenvalue weighted by atomic mass is 35.5. The second-order valence-corrected chi connectivity index (χ2v) is 8.80. The molecule has 178 valence electrons. The van der Waals surface area contributed by atoms with Crippen LogP contribution in [-0.2, 0) is 9.59 Å². The van der Waals surface area contributed by atoms with Gasteiger partial charge in [-0.05, 0) is 61.0 Å². The van der Waals surface area contributed by atoms with Crippen molar-refractivity contribution in [2.75, 3.05) is 22.6 Å². The summed E-state index contributed by atoms with van der Waals surface area (Å²) in [6.07, 6.45) is 0. The first kappa shape index (κ1) is 24.6. The summed E-state index contributed by atoms with van der Waals surface area (Å²) in [6.45, 7) is 1.86. The van der Waals surface area contributed by atoms with Crippen molar-refractivity contribution in [3.05, 3.63) is 92.6 Å². The van der Waals surface area contributed by atoms with Crippen molar-refractivity contribution in [1.29, 1.82) is 0 Å². The monoisotopic (exact) mass is 529 g/mol. The van der Waals surface area contributed by atoms with Crippen LogP contribution in [0.4, 0.5) is 17.1 Å². The van der Waals surface area contributed by atoms with Crippen molar-refractivity contribution in [2.24, 2.45) is 0 Å². The lowest BCUT2D eigenvalue weighted by atomic mass is 10.1. The number of imide groups is 1. The number of benzene rings is 3. The van der Waals surface area contributed by atoms with E-state index in [1.54, 1.807) is 48.5 Å². The Morgan fingerprint density at radius 2 is 1.69 bits per heavy atom. The number of carbonyl (C=O) groups excluding carboxylic acids is 3. The first-order valence-electron chi connectivity index (χ1n) is 10.3. The van der Waals surface area contributed by atoms with Crippen LogP contribution in [0.1, 0.15) is 15.9 Å². The van der Waals surface area contributed by atoms with E-state index in [1.807, 2.05) is 6.92 Å². The molecule has 0 aromatic heterocycles. The minimum Gasteiger partial charge on any atom is -0.495 e. The van der Waals surface area contributed by atoms with Crippen molar-refractivity contribution in [1.82, 2.24) is 0 Å². The minimum atomic E-state index is -0.732. The van der Waals surface area contributed by atoms with Crippen LogP contribution in [0.15, 0.2) is 71.4 Å². The highest BCUT2D eigenvalue weighted by Gasteiger charge is 2.40.